The highest BCUT2D eigenvalue weighted by Crippen LogP contribution is 2.48. The molecule has 1 atom stereocenters. The van der Waals surface area contributed by atoms with Crippen LogP contribution in [-0.2, 0) is 11.2 Å². The van der Waals surface area contributed by atoms with E-state index >= 15 is 0 Å². The summed E-state index contributed by atoms with van der Waals surface area (Å²) < 4.78 is 5.19. The van der Waals surface area contributed by atoms with Crippen LogP contribution in [0.5, 0.6) is 5.75 Å². The molecule has 0 aliphatic heterocycles. The van der Waals surface area contributed by atoms with Crippen molar-refractivity contribution in [2.24, 2.45) is 11.3 Å². The average molecular weight is 279 g/mol. The summed E-state index contributed by atoms with van der Waals surface area (Å²) >= 11 is 0. The van der Waals surface area contributed by atoms with Crippen molar-refractivity contribution in [1.82, 2.24) is 0 Å². The van der Waals surface area contributed by atoms with Gasteiger partial charge in [-0.3, -0.25) is 14.9 Å². The molecule has 2 rings (SSSR count). The van der Waals surface area contributed by atoms with Crippen LogP contribution >= 0.6 is 0 Å². The fourth-order valence-corrected chi connectivity index (χ4v) is 2.53. The lowest BCUT2D eigenvalue weighted by Gasteiger charge is -2.25. The van der Waals surface area contributed by atoms with Crippen molar-refractivity contribution >= 4 is 11.7 Å². The molecule has 20 heavy (non-hydrogen) atoms. The number of rotatable bonds is 6. The van der Waals surface area contributed by atoms with Gasteiger partial charge >= 0.3 is 5.97 Å². The summed E-state index contributed by atoms with van der Waals surface area (Å²) in [6.07, 6.45) is 2.01. The van der Waals surface area contributed by atoms with E-state index in [1.807, 2.05) is 0 Å². The summed E-state index contributed by atoms with van der Waals surface area (Å²) in [6.45, 7) is 1.70. The highest BCUT2D eigenvalue weighted by Gasteiger charge is 2.47. The third-order valence-corrected chi connectivity index (χ3v) is 4.00. The normalized spacial score (nSPS) is 17.3. The Labute approximate surface area is 116 Å². The maximum Gasteiger partial charge on any atom is 0.309 e. The minimum absolute atomic E-state index is 0.0515. The van der Waals surface area contributed by atoms with E-state index in [4.69, 9.17) is 4.74 Å². The number of hydrogen-bond donors (Lipinski definition) is 1. The molecule has 6 nitrogen and oxygen atoms in total. The van der Waals surface area contributed by atoms with Gasteiger partial charge < -0.3 is 9.84 Å². The monoisotopic (exact) mass is 279 g/mol. The van der Waals surface area contributed by atoms with Gasteiger partial charge in [0.2, 0.25) is 0 Å². The van der Waals surface area contributed by atoms with Gasteiger partial charge in [-0.2, -0.15) is 0 Å². The van der Waals surface area contributed by atoms with Crippen LogP contribution in [0.15, 0.2) is 18.2 Å². The number of carboxylic acid groups (broad SMARTS) is 1. The van der Waals surface area contributed by atoms with Crippen molar-refractivity contribution in [2.45, 2.75) is 26.2 Å². The first-order valence-corrected chi connectivity index (χ1v) is 6.43. The van der Waals surface area contributed by atoms with Crippen molar-refractivity contribution < 1.29 is 19.6 Å². The van der Waals surface area contributed by atoms with Crippen LogP contribution in [0.2, 0.25) is 0 Å². The number of methoxy groups -OCH3 is 1. The summed E-state index contributed by atoms with van der Waals surface area (Å²) in [5, 5.41) is 20.3. The van der Waals surface area contributed by atoms with E-state index < -0.39 is 16.3 Å². The van der Waals surface area contributed by atoms with Crippen LogP contribution < -0.4 is 4.74 Å². The van der Waals surface area contributed by atoms with Gasteiger partial charge in [-0.1, -0.05) is 0 Å². The molecule has 0 radical (unpaired) electrons. The Bertz CT molecular complexity index is 552. The number of carbonyl (C=O) groups is 1. The number of ether oxygens (including phenoxy) is 1. The molecule has 6 heteroatoms. The zero-order valence-electron chi connectivity index (χ0n) is 11.5. The van der Waals surface area contributed by atoms with Gasteiger partial charge in [0.15, 0.2) is 0 Å². The molecule has 1 aliphatic rings. The molecule has 1 saturated carbocycles. The van der Waals surface area contributed by atoms with Gasteiger partial charge in [-0.25, -0.2) is 0 Å². The number of nitrogens with zero attached hydrogens (tertiary/aromatic N) is 1. The summed E-state index contributed by atoms with van der Waals surface area (Å²) in [7, 11) is 1.47. The molecular weight excluding hydrogens is 262 g/mol. The maximum atomic E-state index is 11.6. The summed E-state index contributed by atoms with van der Waals surface area (Å²) in [6, 6.07) is 4.28. The number of benzene rings is 1. The lowest BCUT2D eigenvalue weighted by atomic mass is 9.79. The topological polar surface area (TPSA) is 89.7 Å². The van der Waals surface area contributed by atoms with Crippen LogP contribution in [-0.4, -0.2) is 23.1 Å². The number of aliphatic carboxylic acids is 1. The second-order valence-corrected chi connectivity index (χ2v) is 5.43. The third-order valence-electron chi connectivity index (χ3n) is 4.00. The number of carboxylic acids is 1. The Morgan fingerprint density at radius 1 is 1.55 bits per heavy atom. The predicted molar refractivity (Wildman–Crippen MR) is 71.8 cm³/mol. The quantitative estimate of drug-likeness (QED) is 0.638. The molecule has 108 valence electrons. The molecule has 0 heterocycles. The van der Waals surface area contributed by atoms with Gasteiger partial charge in [0, 0.05) is 17.7 Å². The first-order chi connectivity index (χ1) is 9.38. The number of nitro groups is 1. The van der Waals surface area contributed by atoms with E-state index in [2.05, 4.69) is 0 Å². The molecule has 1 unspecified atom stereocenters. The van der Waals surface area contributed by atoms with Crippen molar-refractivity contribution in [3.05, 3.63) is 33.9 Å². The third kappa shape index (κ3) is 2.59. The zero-order valence-corrected chi connectivity index (χ0v) is 11.5. The lowest BCUT2D eigenvalue weighted by molar-refractivity contribution is -0.384. The number of hydrogen-bond acceptors (Lipinski definition) is 4. The summed E-state index contributed by atoms with van der Waals surface area (Å²) in [5.41, 5.74) is -0.384. The van der Waals surface area contributed by atoms with E-state index in [1.54, 1.807) is 6.92 Å². The Hall–Kier alpha value is -2.11. The highest BCUT2D eigenvalue weighted by atomic mass is 16.6. The molecule has 0 bridgehead atoms. The Morgan fingerprint density at radius 3 is 2.65 bits per heavy atom. The average Bonchev–Trinajstić information content (AvgIpc) is 3.22. The predicted octanol–water partition coefficient (Wildman–Crippen LogP) is 2.65. The van der Waals surface area contributed by atoms with Crippen LogP contribution in [0.25, 0.3) is 0 Å². The van der Waals surface area contributed by atoms with Gasteiger partial charge in [0.1, 0.15) is 5.75 Å². The molecule has 0 aromatic heterocycles. The molecule has 1 aromatic rings. The van der Waals surface area contributed by atoms with Gasteiger partial charge in [0.25, 0.3) is 5.69 Å². The standard InChI is InChI=1S/C14H17NO5/c1-14(13(16)17,10-3-4-10)8-9-7-11(15(18)19)5-6-12(9)20-2/h5-7,10H,3-4,8H2,1-2H3,(H,16,17). The SMILES string of the molecule is COc1ccc([N+](=O)[O-])cc1CC(C)(C(=O)O)C1CC1. The zero-order chi connectivity index (χ0) is 14.9. The van der Waals surface area contributed by atoms with E-state index in [9.17, 15) is 20.0 Å². The van der Waals surface area contributed by atoms with E-state index in [1.165, 1.54) is 25.3 Å². The summed E-state index contributed by atoms with van der Waals surface area (Å²) in [5.74, 6) is -0.249. The summed E-state index contributed by atoms with van der Waals surface area (Å²) in [4.78, 5) is 21.9. The molecule has 1 aliphatic carbocycles. The van der Waals surface area contributed by atoms with Gasteiger partial charge in [-0.15, -0.1) is 0 Å². The van der Waals surface area contributed by atoms with Gasteiger partial charge in [-0.05, 0) is 38.2 Å². The first kappa shape index (κ1) is 14.3. The minimum atomic E-state index is -0.900. The lowest BCUT2D eigenvalue weighted by Crippen LogP contribution is -2.32. The number of nitro benzene ring substituents is 1. The second-order valence-electron chi connectivity index (χ2n) is 5.43. The fourth-order valence-electron chi connectivity index (χ4n) is 2.53. The first-order valence-electron chi connectivity index (χ1n) is 6.43. The highest BCUT2D eigenvalue weighted by molar-refractivity contribution is 5.75. The van der Waals surface area contributed by atoms with Crippen LogP contribution in [0.3, 0.4) is 0 Å². The Morgan fingerprint density at radius 2 is 2.20 bits per heavy atom. The molecule has 1 fully saturated rings. The van der Waals surface area contributed by atoms with Crippen molar-refractivity contribution in [2.75, 3.05) is 7.11 Å². The van der Waals surface area contributed by atoms with E-state index in [0.29, 0.717) is 11.3 Å². The van der Waals surface area contributed by atoms with E-state index in [0.717, 1.165) is 12.8 Å². The van der Waals surface area contributed by atoms with Crippen LogP contribution in [0.1, 0.15) is 25.3 Å². The molecule has 1 N–H and O–H groups in total. The molecular formula is C14H17NO5. The molecule has 1 aromatic carbocycles. The van der Waals surface area contributed by atoms with Gasteiger partial charge in [0.05, 0.1) is 17.4 Å². The maximum absolute atomic E-state index is 11.6. The molecule has 0 saturated heterocycles. The Balaban J connectivity index is 2.37. The largest absolute Gasteiger partial charge is 0.496 e. The number of non-ortho nitro benzene ring substituents is 1. The van der Waals surface area contributed by atoms with Crippen molar-refractivity contribution in [1.29, 1.82) is 0 Å². The van der Waals surface area contributed by atoms with Crippen LogP contribution in [0.4, 0.5) is 5.69 Å². The fraction of sp³-hybridized carbons (Fsp3) is 0.500. The second kappa shape index (κ2) is 5.11. The van der Waals surface area contributed by atoms with Crippen molar-refractivity contribution in [3.63, 3.8) is 0 Å². The van der Waals surface area contributed by atoms with Crippen LogP contribution in [0, 0.1) is 21.4 Å². The smallest absolute Gasteiger partial charge is 0.309 e. The Kier molecular flexibility index (Phi) is 3.65. The molecule has 0 amide bonds. The molecule has 0 spiro atoms. The van der Waals surface area contributed by atoms with E-state index in [-0.39, 0.29) is 18.0 Å². The minimum Gasteiger partial charge on any atom is -0.496 e. The van der Waals surface area contributed by atoms with Crippen molar-refractivity contribution in [3.8, 4) is 5.75 Å².